The molecule has 5 rings (SSSR count). The molecule has 0 aliphatic heterocycles. The van der Waals surface area contributed by atoms with Crippen LogP contribution in [0, 0.1) is 0 Å². The monoisotopic (exact) mass is 469 g/mol. The summed E-state index contributed by atoms with van der Waals surface area (Å²) >= 11 is 0. The third kappa shape index (κ3) is 4.86. The maximum absolute atomic E-state index is 10.3. The van der Waals surface area contributed by atoms with E-state index in [0.717, 1.165) is 59.3 Å². The van der Waals surface area contributed by atoms with Crippen LogP contribution >= 0.6 is 0 Å². The summed E-state index contributed by atoms with van der Waals surface area (Å²) in [6.45, 7) is 2.02. The molecule has 2 unspecified atom stereocenters. The molecule has 35 heavy (non-hydrogen) atoms. The molecule has 7 heteroatoms. The molecule has 4 aromatic rings. The fourth-order valence-corrected chi connectivity index (χ4v) is 4.84. The Balaban J connectivity index is 1.62. The van der Waals surface area contributed by atoms with Gasteiger partial charge in [0.25, 0.3) is 0 Å². The molecule has 5 N–H and O–H groups in total. The molecule has 1 aliphatic carbocycles. The fourth-order valence-electron chi connectivity index (χ4n) is 4.84. The molecule has 7 nitrogen and oxygen atoms in total. The minimum Gasteiger partial charge on any atom is -0.508 e. The third-order valence-corrected chi connectivity index (χ3v) is 6.70. The van der Waals surface area contributed by atoms with Gasteiger partial charge in [-0.05, 0) is 67.5 Å². The zero-order valence-electron chi connectivity index (χ0n) is 19.9. The van der Waals surface area contributed by atoms with Gasteiger partial charge in [0.1, 0.15) is 11.6 Å². The number of hydrogen-bond donors (Lipinski definition) is 4. The second-order valence-corrected chi connectivity index (χ2v) is 9.18. The number of aromatic hydroxyl groups is 1. The molecule has 1 fully saturated rings. The molecule has 0 bridgehead atoms. The van der Waals surface area contributed by atoms with E-state index in [0.29, 0.717) is 17.8 Å². The topological polar surface area (TPSA) is 108 Å². The zero-order valence-corrected chi connectivity index (χ0v) is 19.9. The van der Waals surface area contributed by atoms with E-state index in [-0.39, 0.29) is 17.9 Å². The maximum atomic E-state index is 10.3. The summed E-state index contributed by atoms with van der Waals surface area (Å²) in [6, 6.07) is 17.6. The highest BCUT2D eigenvalue weighted by Crippen LogP contribution is 2.32. The lowest BCUT2D eigenvalue weighted by atomic mass is 9.92. The molecule has 0 saturated heterocycles. The van der Waals surface area contributed by atoms with Gasteiger partial charge in [0.15, 0.2) is 0 Å². The largest absolute Gasteiger partial charge is 0.508 e. The van der Waals surface area contributed by atoms with Crippen molar-refractivity contribution in [2.24, 2.45) is 10.7 Å². The van der Waals surface area contributed by atoms with Crippen LogP contribution in [0.15, 0.2) is 72.0 Å². The molecule has 0 radical (unpaired) electrons. The van der Waals surface area contributed by atoms with Gasteiger partial charge in [-0.1, -0.05) is 37.3 Å². The SMILES string of the molecule is CCc1cc(O)ccc1N=C(N)c1cnn2cc(-c3ccccc3)cc2c1NC1CCCC(O)C1. The van der Waals surface area contributed by atoms with Crippen molar-refractivity contribution in [1.82, 2.24) is 9.61 Å². The van der Waals surface area contributed by atoms with Gasteiger partial charge in [0.2, 0.25) is 0 Å². The van der Waals surface area contributed by atoms with Gasteiger partial charge >= 0.3 is 0 Å². The van der Waals surface area contributed by atoms with Crippen molar-refractivity contribution in [1.29, 1.82) is 0 Å². The third-order valence-electron chi connectivity index (χ3n) is 6.70. The summed E-state index contributed by atoms with van der Waals surface area (Å²) in [5.41, 5.74) is 12.9. The molecule has 1 saturated carbocycles. The first-order valence-electron chi connectivity index (χ1n) is 12.2. The number of aliphatic imine (C=N–C) groups is 1. The lowest BCUT2D eigenvalue weighted by Gasteiger charge is -2.28. The van der Waals surface area contributed by atoms with Crippen molar-refractivity contribution in [3.8, 4) is 16.9 Å². The van der Waals surface area contributed by atoms with Gasteiger partial charge in [0, 0.05) is 17.8 Å². The smallest absolute Gasteiger partial charge is 0.135 e. The van der Waals surface area contributed by atoms with Crippen molar-refractivity contribution in [3.63, 3.8) is 0 Å². The van der Waals surface area contributed by atoms with Crippen LogP contribution < -0.4 is 11.1 Å². The summed E-state index contributed by atoms with van der Waals surface area (Å²) in [5.74, 6) is 0.559. The highest BCUT2D eigenvalue weighted by molar-refractivity contribution is 6.06. The number of nitrogens with two attached hydrogens (primary N) is 1. The van der Waals surface area contributed by atoms with E-state index in [2.05, 4.69) is 28.6 Å². The summed E-state index contributed by atoms with van der Waals surface area (Å²) in [7, 11) is 0. The van der Waals surface area contributed by atoms with E-state index in [4.69, 9.17) is 10.7 Å². The lowest BCUT2D eigenvalue weighted by molar-refractivity contribution is 0.124. The summed E-state index contributed by atoms with van der Waals surface area (Å²) in [5, 5.41) is 28.4. The Bertz CT molecular complexity index is 1360. The van der Waals surface area contributed by atoms with Crippen LogP contribution in [0.3, 0.4) is 0 Å². The number of anilines is 1. The average Bonchev–Trinajstić information content (AvgIpc) is 3.31. The van der Waals surface area contributed by atoms with Crippen LogP contribution in [0.2, 0.25) is 0 Å². The Morgan fingerprint density at radius 2 is 1.97 bits per heavy atom. The molecular weight excluding hydrogens is 438 g/mol. The number of aliphatic hydroxyl groups excluding tert-OH is 1. The average molecular weight is 470 g/mol. The number of aromatic nitrogens is 2. The van der Waals surface area contributed by atoms with Crippen LogP contribution in [-0.2, 0) is 6.42 Å². The number of phenols is 1. The van der Waals surface area contributed by atoms with Crippen molar-refractivity contribution >= 4 is 22.7 Å². The number of rotatable bonds is 6. The van der Waals surface area contributed by atoms with Crippen molar-refractivity contribution in [2.45, 2.75) is 51.2 Å². The summed E-state index contributed by atoms with van der Waals surface area (Å²) in [6.07, 6.45) is 7.66. The number of aryl methyl sites for hydroxylation is 1. The highest BCUT2D eigenvalue weighted by Gasteiger charge is 2.23. The van der Waals surface area contributed by atoms with Gasteiger partial charge < -0.3 is 21.3 Å². The molecule has 2 atom stereocenters. The van der Waals surface area contributed by atoms with Gasteiger partial charge in [-0.25, -0.2) is 9.51 Å². The molecule has 0 amide bonds. The fraction of sp³-hybridized carbons (Fsp3) is 0.286. The molecule has 1 aliphatic rings. The standard InChI is InChI=1S/C28H31N5O2/c1-2-18-13-23(35)11-12-25(18)32-28(29)24-16-30-33-17-20(19-7-4-3-5-8-19)14-26(33)27(24)31-21-9-6-10-22(34)15-21/h3-5,7-8,11-14,16-17,21-22,31,34-35H,2,6,9-10,15H2,1H3,(H2,29,32). The van der Waals surface area contributed by atoms with E-state index in [1.54, 1.807) is 24.4 Å². The van der Waals surface area contributed by atoms with E-state index < -0.39 is 0 Å². The molecule has 2 heterocycles. The predicted octanol–water partition coefficient (Wildman–Crippen LogP) is 5.02. The first-order valence-corrected chi connectivity index (χ1v) is 12.2. The summed E-state index contributed by atoms with van der Waals surface area (Å²) < 4.78 is 1.86. The zero-order chi connectivity index (χ0) is 24.4. The van der Waals surface area contributed by atoms with E-state index in [9.17, 15) is 10.2 Å². The van der Waals surface area contributed by atoms with Crippen LogP contribution in [0.5, 0.6) is 5.75 Å². The molecule has 2 aromatic heterocycles. The Hall–Kier alpha value is -3.84. The summed E-state index contributed by atoms with van der Waals surface area (Å²) in [4.78, 5) is 4.73. The minimum absolute atomic E-state index is 0.131. The predicted molar refractivity (Wildman–Crippen MR) is 140 cm³/mol. The van der Waals surface area contributed by atoms with Crippen LogP contribution in [0.25, 0.3) is 16.6 Å². The number of nitrogens with zero attached hydrogens (tertiary/aromatic N) is 3. The van der Waals surface area contributed by atoms with Crippen molar-refractivity contribution in [2.75, 3.05) is 5.32 Å². The number of nitrogens with one attached hydrogen (secondary N) is 1. The van der Waals surface area contributed by atoms with Crippen LogP contribution in [0.1, 0.15) is 43.7 Å². The molecule has 2 aromatic carbocycles. The van der Waals surface area contributed by atoms with Crippen molar-refractivity contribution < 1.29 is 10.2 Å². The number of aliphatic hydroxyl groups is 1. The van der Waals surface area contributed by atoms with Gasteiger partial charge in [-0.2, -0.15) is 5.10 Å². The number of phenolic OH excluding ortho intramolecular Hbond substituents is 1. The maximum Gasteiger partial charge on any atom is 0.135 e. The minimum atomic E-state index is -0.302. The Labute approximate surface area is 205 Å². The number of fused-ring (bicyclic) bond motifs is 1. The van der Waals surface area contributed by atoms with E-state index in [1.807, 2.05) is 35.8 Å². The highest BCUT2D eigenvalue weighted by atomic mass is 16.3. The quantitative estimate of drug-likeness (QED) is 0.234. The van der Waals surface area contributed by atoms with E-state index in [1.165, 1.54) is 0 Å². The molecular formula is C28H31N5O2. The second-order valence-electron chi connectivity index (χ2n) is 9.18. The van der Waals surface area contributed by atoms with Gasteiger partial charge in [-0.15, -0.1) is 0 Å². The van der Waals surface area contributed by atoms with Gasteiger partial charge in [-0.3, -0.25) is 0 Å². The van der Waals surface area contributed by atoms with Crippen LogP contribution in [0.4, 0.5) is 11.4 Å². The molecule has 180 valence electrons. The van der Waals surface area contributed by atoms with E-state index >= 15 is 0 Å². The lowest BCUT2D eigenvalue weighted by Crippen LogP contribution is -2.31. The van der Waals surface area contributed by atoms with Crippen LogP contribution in [-0.4, -0.2) is 37.8 Å². The normalized spacial score (nSPS) is 18.6. The first kappa shape index (κ1) is 22.9. The number of hydrogen-bond acceptors (Lipinski definition) is 5. The van der Waals surface area contributed by atoms with Crippen molar-refractivity contribution in [3.05, 3.63) is 78.1 Å². The van der Waals surface area contributed by atoms with Gasteiger partial charge in [0.05, 0.1) is 34.8 Å². The number of amidine groups is 1. The second kappa shape index (κ2) is 9.80. The first-order chi connectivity index (χ1) is 17.0. The molecule has 0 spiro atoms. The Morgan fingerprint density at radius 3 is 2.74 bits per heavy atom. The Kier molecular flexibility index (Phi) is 6.42. The number of benzene rings is 2. The Morgan fingerprint density at radius 1 is 1.14 bits per heavy atom.